The Kier molecular flexibility index (Phi) is 4.82. The van der Waals surface area contributed by atoms with Gasteiger partial charge < -0.3 is 10.1 Å². The molecule has 1 atom stereocenters. The number of hydrogen-bond donors (Lipinski definition) is 1. The molecule has 0 saturated carbocycles. The van der Waals surface area contributed by atoms with Crippen LogP contribution in [0.25, 0.3) is 0 Å². The zero-order valence-corrected chi connectivity index (χ0v) is 12.0. The number of carbonyl (C=O) groups excluding carboxylic acids is 1. The molecule has 0 radical (unpaired) electrons. The topological polar surface area (TPSA) is 38.3 Å². The maximum Gasteiger partial charge on any atom is 0.261 e. The van der Waals surface area contributed by atoms with Crippen LogP contribution >= 0.6 is 22.9 Å². The molecule has 0 saturated heterocycles. The number of thiophene rings is 1. The summed E-state index contributed by atoms with van der Waals surface area (Å²) in [5, 5.41) is 5.40. The van der Waals surface area contributed by atoms with Crippen molar-refractivity contribution in [2.24, 2.45) is 0 Å². The van der Waals surface area contributed by atoms with Gasteiger partial charge in [0.1, 0.15) is 5.75 Å². The zero-order valence-electron chi connectivity index (χ0n) is 10.4. The number of halogens is 1. The van der Waals surface area contributed by atoms with E-state index in [-0.39, 0.29) is 5.91 Å². The van der Waals surface area contributed by atoms with Gasteiger partial charge in [-0.1, -0.05) is 23.7 Å². The fraction of sp³-hybridized carbons (Fsp3) is 0.214. The predicted octanol–water partition coefficient (Wildman–Crippen LogP) is 3.49. The zero-order chi connectivity index (χ0) is 13.7. The Morgan fingerprint density at radius 3 is 2.95 bits per heavy atom. The smallest absolute Gasteiger partial charge is 0.261 e. The molecule has 0 bridgehead atoms. The molecule has 2 rings (SSSR count). The van der Waals surface area contributed by atoms with Gasteiger partial charge in [-0.3, -0.25) is 4.79 Å². The quantitative estimate of drug-likeness (QED) is 0.917. The minimum absolute atomic E-state index is 0.145. The van der Waals surface area contributed by atoms with Crippen LogP contribution in [0, 0.1) is 0 Å². The highest BCUT2D eigenvalue weighted by Crippen LogP contribution is 2.18. The van der Waals surface area contributed by atoms with Crippen LogP contribution in [0.4, 0.5) is 0 Å². The summed E-state index contributed by atoms with van der Waals surface area (Å²) in [5.41, 5.74) is 0. The van der Waals surface area contributed by atoms with Gasteiger partial charge in [-0.15, -0.1) is 11.3 Å². The highest BCUT2D eigenvalue weighted by atomic mass is 35.5. The van der Waals surface area contributed by atoms with E-state index in [0.717, 1.165) is 4.88 Å². The van der Waals surface area contributed by atoms with Crippen molar-refractivity contribution in [2.45, 2.75) is 19.6 Å². The first-order valence-corrected chi connectivity index (χ1v) is 7.13. The normalized spacial score (nSPS) is 11.9. The molecule has 0 unspecified atom stereocenters. The van der Waals surface area contributed by atoms with Crippen molar-refractivity contribution in [3.8, 4) is 5.75 Å². The van der Waals surface area contributed by atoms with Crippen molar-refractivity contribution in [2.75, 3.05) is 0 Å². The van der Waals surface area contributed by atoms with Crippen molar-refractivity contribution >= 4 is 28.8 Å². The molecular formula is C14H14ClNO2S. The average molecular weight is 296 g/mol. The van der Waals surface area contributed by atoms with Crippen LogP contribution in [-0.4, -0.2) is 12.0 Å². The first-order valence-electron chi connectivity index (χ1n) is 5.87. The third kappa shape index (κ3) is 4.26. The summed E-state index contributed by atoms with van der Waals surface area (Å²) in [6, 6.07) is 10.9. The third-order valence-corrected chi connectivity index (χ3v) is 3.61. The molecule has 0 fully saturated rings. The SMILES string of the molecule is C[C@H](Oc1cccc(Cl)c1)C(=O)NCc1cccs1. The maximum absolute atomic E-state index is 11.9. The molecule has 100 valence electrons. The number of rotatable bonds is 5. The van der Waals surface area contributed by atoms with E-state index in [9.17, 15) is 4.79 Å². The van der Waals surface area contributed by atoms with E-state index in [4.69, 9.17) is 16.3 Å². The number of carbonyl (C=O) groups is 1. The highest BCUT2D eigenvalue weighted by molar-refractivity contribution is 7.09. The molecule has 1 heterocycles. The van der Waals surface area contributed by atoms with Crippen molar-refractivity contribution < 1.29 is 9.53 Å². The van der Waals surface area contributed by atoms with Gasteiger partial charge in [0.2, 0.25) is 0 Å². The average Bonchev–Trinajstić information content (AvgIpc) is 2.89. The Morgan fingerprint density at radius 1 is 1.42 bits per heavy atom. The van der Waals surface area contributed by atoms with E-state index >= 15 is 0 Å². The second kappa shape index (κ2) is 6.59. The molecule has 1 amide bonds. The number of ether oxygens (including phenoxy) is 1. The third-order valence-electron chi connectivity index (χ3n) is 2.50. The number of hydrogen-bond acceptors (Lipinski definition) is 3. The van der Waals surface area contributed by atoms with Crippen LogP contribution in [0.2, 0.25) is 5.02 Å². The molecule has 2 aromatic rings. The minimum Gasteiger partial charge on any atom is -0.481 e. The Morgan fingerprint density at radius 2 is 2.26 bits per heavy atom. The fourth-order valence-electron chi connectivity index (χ4n) is 1.53. The Balaban J connectivity index is 1.85. The van der Waals surface area contributed by atoms with Gasteiger partial charge in [0, 0.05) is 9.90 Å². The lowest BCUT2D eigenvalue weighted by molar-refractivity contribution is -0.127. The predicted molar refractivity (Wildman–Crippen MR) is 77.7 cm³/mol. The van der Waals surface area contributed by atoms with Crippen molar-refractivity contribution in [3.05, 3.63) is 51.7 Å². The highest BCUT2D eigenvalue weighted by Gasteiger charge is 2.14. The van der Waals surface area contributed by atoms with Gasteiger partial charge in [-0.2, -0.15) is 0 Å². The molecule has 3 nitrogen and oxygen atoms in total. The Hall–Kier alpha value is -1.52. The summed E-state index contributed by atoms with van der Waals surface area (Å²) < 4.78 is 5.53. The van der Waals surface area contributed by atoms with Crippen LogP contribution in [0.5, 0.6) is 5.75 Å². The number of amides is 1. The van der Waals surface area contributed by atoms with E-state index in [0.29, 0.717) is 17.3 Å². The second-order valence-electron chi connectivity index (χ2n) is 4.01. The molecule has 0 aliphatic carbocycles. The summed E-state index contributed by atoms with van der Waals surface area (Å²) >= 11 is 7.47. The van der Waals surface area contributed by atoms with E-state index in [1.54, 1.807) is 42.5 Å². The molecule has 19 heavy (non-hydrogen) atoms. The van der Waals surface area contributed by atoms with Gasteiger partial charge in [0.25, 0.3) is 5.91 Å². The van der Waals surface area contributed by atoms with Gasteiger partial charge in [-0.25, -0.2) is 0 Å². The first kappa shape index (κ1) is 13.9. The van der Waals surface area contributed by atoms with Gasteiger partial charge in [-0.05, 0) is 36.6 Å². The van der Waals surface area contributed by atoms with Crippen LogP contribution in [0.1, 0.15) is 11.8 Å². The summed E-state index contributed by atoms with van der Waals surface area (Å²) in [5.74, 6) is 0.444. The van der Waals surface area contributed by atoms with Gasteiger partial charge in [0.05, 0.1) is 6.54 Å². The Bertz CT molecular complexity index is 542. The molecule has 1 aromatic carbocycles. The van der Waals surface area contributed by atoms with E-state index in [1.165, 1.54) is 0 Å². The minimum atomic E-state index is -0.557. The number of nitrogens with one attached hydrogen (secondary N) is 1. The van der Waals surface area contributed by atoms with Crippen LogP contribution in [0.15, 0.2) is 41.8 Å². The lowest BCUT2D eigenvalue weighted by Gasteiger charge is -2.14. The molecular weight excluding hydrogens is 282 g/mol. The van der Waals surface area contributed by atoms with E-state index in [1.807, 2.05) is 17.5 Å². The van der Waals surface area contributed by atoms with Crippen molar-refractivity contribution in [1.82, 2.24) is 5.32 Å². The first-order chi connectivity index (χ1) is 9.15. The molecule has 1 N–H and O–H groups in total. The summed E-state index contributed by atoms with van der Waals surface area (Å²) in [4.78, 5) is 13.0. The van der Waals surface area contributed by atoms with Crippen molar-refractivity contribution in [1.29, 1.82) is 0 Å². The Labute approximate surface area is 121 Å². The molecule has 1 aromatic heterocycles. The lowest BCUT2D eigenvalue weighted by atomic mass is 10.3. The standard InChI is InChI=1S/C14H14ClNO2S/c1-10(18-12-5-2-4-11(15)8-12)14(17)16-9-13-6-3-7-19-13/h2-8,10H,9H2,1H3,(H,16,17)/t10-/m0/s1. The van der Waals surface area contributed by atoms with Crippen molar-refractivity contribution in [3.63, 3.8) is 0 Å². The summed E-state index contributed by atoms with van der Waals surface area (Å²) in [6.07, 6.45) is -0.557. The summed E-state index contributed by atoms with van der Waals surface area (Å²) in [7, 11) is 0. The molecule has 5 heteroatoms. The van der Waals surface area contributed by atoms with Crippen LogP contribution < -0.4 is 10.1 Å². The molecule has 0 spiro atoms. The largest absolute Gasteiger partial charge is 0.481 e. The monoisotopic (exact) mass is 295 g/mol. The second-order valence-corrected chi connectivity index (χ2v) is 5.48. The van der Waals surface area contributed by atoms with Gasteiger partial charge in [0.15, 0.2) is 6.10 Å². The summed E-state index contributed by atoms with van der Waals surface area (Å²) in [6.45, 7) is 2.24. The van der Waals surface area contributed by atoms with E-state index in [2.05, 4.69) is 5.32 Å². The molecule has 0 aliphatic rings. The van der Waals surface area contributed by atoms with Crippen LogP contribution in [0.3, 0.4) is 0 Å². The molecule has 0 aliphatic heterocycles. The van der Waals surface area contributed by atoms with Crippen LogP contribution in [-0.2, 0) is 11.3 Å². The fourth-order valence-corrected chi connectivity index (χ4v) is 2.35. The van der Waals surface area contributed by atoms with E-state index < -0.39 is 6.10 Å². The lowest BCUT2D eigenvalue weighted by Crippen LogP contribution is -2.35. The van der Waals surface area contributed by atoms with Gasteiger partial charge >= 0.3 is 0 Å². The number of benzene rings is 1. The maximum atomic E-state index is 11.9.